The van der Waals surface area contributed by atoms with Gasteiger partial charge in [-0.25, -0.2) is 14.0 Å². The van der Waals surface area contributed by atoms with Crippen LogP contribution in [0, 0.1) is 5.82 Å². The van der Waals surface area contributed by atoms with Crippen LogP contribution in [0.15, 0.2) is 53.7 Å². The van der Waals surface area contributed by atoms with Gasteiger partial charge in [-0.2, -0.15) is 0 Å². The Bertz CT molecular complexity index is 1110. The molecule has 3 amide bonds. The molecule has 2 N–H and O–H groups in total. The zero-order chi connectivity index (χ0) is 21.4. The normalized spacial score (nSPS) is 18.1. The van der Waals surface area contributed by atoms with Crippen LogP contribution in [-0.4, -0.2) is 36.0 Å². The Morgan fingerprint density at radius 3 is 2.70 bits per heavy atom. The molecule has 154 valence electrons. The van der Waals surface area contributed by atoms with E-state index in [4.69, 9.17) is 27.9 Å². The zero-order valence-electron chi connectivity index (χ0n) is 15.2. The Morgan fingerprint density at radius 2 is 1.97 bits per heavy atom. The van der Waals surface area contributed by atoms with E-state index < -0.39 is 29.8 Å². The molecule has 2 heterocycles. The number of esters is 1. The molecule has 30 heavy (non-hydrogen) atoms. The number of anilines is 1. The van der Waals surface area contributed by atoms with Crippen molar-refractivity contribution in [2.45, 2.75) is 6.04 Å². The first-order valence-corrected chi connectivity index (χ1v) is 9.58. The number of hydrogen-bond donors (Lipinski definition) is 2. The van der Waals surface area contributed by atoms with Gasteiger partial charge in [0.05, 0.1) is 22.3 Å². The van der Waals surface area contributed by atoms with Crippen molar-refractivity contribution in [2.24, 2.45) is 0 Å². The lowest BCUT2D eigenvalue weighted by atomic mass is 9.95. The maximum absolute atomic E-state index is 13.3. The Labute approximate surface area is 180 Å². The van der Waals surface area contributed by atoms with Crippen LogP contribution < -0.4 is 10.6 Å². The van der Waals surface area contributed by atoms with E-state index in [1.807, 2.05) is 0 Å². The molecule has 1 unspecified atom stereocenters. The molecule has 2 aromatic carbocycles. The average Bonchev–Trinajstić information content (AvgIpc) is 3.09. The molecule has 0 saturated heterocycles. The van der Waals surface area contributed by atoms with E-state index >= 15 is 0 Å². The minimum atomic E-state index is -0.786. The van der Waals surface area contributed by atoms with Gasteiger partial charge in [-0.3, -0.25) is 9.69 Å². The summed E-state index contributed by atoms with van der Waals surface area (Å²) in [7, 11) is 0. The standard InChI is InChI=1S/C20H14Cl2FN3O4/c21-12-4-2-1-3-11(12)18-17-15(9-30-19(17)28)26(20(29)25-18)8-16(27)24-10-5-6-14(23)13(22)7-10/h1-7,18H,8-9H2,(H,24,27)(H,25,29). The van der Waals surface area contributed by atoms with Gasteiger partial charge in [0, 0.05) is 10.7 Å². The van der Waals surface area contributed by atoms with Gasteiger partial charge >= 0.3 is 12.0 Å². The Balaban J connectivity index is 1.60. The lowest BCUT2D eigenvalue weighted by Crippen LogP contribution is -2.49. The van der Waals surface area contributed by atoms with Gasteiger partial charge in [-0.1, -0.05) is 41.4 Å². The summed E-state index contributed by atoms with van der Waals surface area (Å²) < 4.78 is 18.4. The second kappa shape index (κ2) is 7.97. The predicted molar refractivity (Wildman–Crippen MR) is 107 cm³/mol. The topological polar surface area (TPSA) is 87.7 Å². The maximum Gasteiger partial charge on any atom is 0.338 e. The number of cyclic esters (lactones) is 1. The first-order valence-electron chi connectivity index (χ1n) is 8.82. The molecule has 0 aromatic heterocycles. The molecule has 0 saturated carbocycles. The number of halogens is 3. The third-order valence-electron chi connectivity index (χ3n) is 4.72. The summed E-state index contributed by atoms with van der Waals surface area (Å²) >= 11 is 12.0. The van der Waals surface area contributed by atoms with Crippen molar-refractivity contribution >= 4 is 46.8 Å². The van der Waals surface area contributed by atoms with Crippen molar-refractivity contribution in [1.82, 2.24) is 10.2 Å². The van der Waals surface area contributed by atoms with Crippen molar-refractivity contribution in [3.63, 3.8) is 0 Å². The summed E-state index contributed by atoms with van der Waals surface area (Å²) in [4.78, 5) is 38.7. The Kier molecular flexibility index (Phi) is 5.36. The Hall–Kier alpha value is -3.10. The molecule has 2 aliphatic heterocycles. The lowest BCUT2D eigenvalue weighted by molar-refractivity contribution is -0.136. The highest BCUT2D eigenvalue weighted by atomic mass is 35.5. The van der Waals surface area contributed by atoms with E-state index in [2.05, 4.69) is 10.6 Å². The number of carbonyl (C=O) groups excluding carboxylic acids is 3. The van der Waals surface area contributed by atoms with Gasteiger partial charge in [0.15, 0.2) is 0 Å². The molecule has 0 aliphatic carbocycles. The molecule has 0 bridgehead atoms. The van der Waals surface area contributed by atoms with Crippen molar-refractivity contribution < 1.29 is 23.5 Å². The summed E-state index contributed by atoms with van der Waals surface area (Å²) in [6.07, 6.45) is 0. The van der Waals surface area contributed by atoms with E-state index in [-0.39, 0.29) is 29.4 Å². The van der Waals surface area contributed by atoms with E-state index in [1.54, 1.807) is 24.3 Å². The average molecular weight is 450 g/mol. The van der Waals surface area contributed by atoms with Crippen LogP contribution in [0.4, 0.5) is 14.9 Å². The van der Waals surface area contributed by atoms with Gasteiger partial charge in [-0.15, -0.1) is 0 Å². The summed E-state index contributed by atoms with van der Waals surface area (Å²) in [6.45, 7) is -0.524. The summed E-state index contributed by atoms with van der Waals surface area (Å²) in [6, 6.07) is 9.17. The number of hydrogen-bond acceptors (Lipinski definition) is 4. The fourth-order valence-electron chi connectivity index (χ4n) is 3.34. The van der Waals surface area contributed by atoms with Crippen LogP contribution in [0.1, 0.15) is 11.6 Å². The second-order valence-electron chi connectivity index (χ2n) is 6.60. The molecule has 4 rings (SSSR count). The second-order valence-corrected chi connectivity index (χ2v) is 7.42. The number of benzene rings is 2. The number of carbonyl (C=O) groups is 3. The molecule has 7 nitrogen and oxygen atoms in total. The van der Waals surface area contributed by atoms with Crippen molar-refractivity contribution in [3.8, 4) is 0 Å². The first-order chi connectivity index (χ1) is 14.3. The molecule has 0 spiro atoms. The highest BCUT2D eigenvalue weighted by Gasteiger charge is 2.43. The third kappa shape index (κ3) is 3.71. The van der Waals surface area contributed by atoms with Crippen molar-refractivity contribution in [3.05, 3.63) is 75.2 Å². The SMILES string of the molecule is O=C(CN1C(=O)NC(c2ccccc2Cl)C2=C1COC2=O)Nc1ccc(F)c(Cl)c1. The van der Waals surface area contributed by atoms with E-state index in [0.717, 1.165) is 11.0 Å². The van der Waals surface area contributed by atoms with Crippen LogP contribution in [0.3, 0.4) is 0 Å². The van der Waals surface area contributed by atoms with Gasteiger partial charge < -0.3 is 15.4 Å². The van der Waals surface area contributed by atoms with Gasteiger partial charge in [0.1, 0.15) is 19.0 Å². The fourth-order valence-corrected chi connectivity index (χ4v) is 3.76. The number of nitrogens with zero attached hydrogens (tertiary/aromatic N) is 1. The number of nitrogens with one attached hydrogen (secondary N) is 2. The molecule has 0 fully saturated rings. The third-order valence-corrected chi connectivity index (χ3v) is 5.35. The van der Waals surface area contributed by atoms with Crippen LogP contribution in [0.25, 0.3) is 0 Å². The lowest BCUT2D eigenvalue weighted by Gasteiger charge is -2.32. The number of ether oxygens (including phenoxy) is 1. The number of urea groups is 1. The Morgan fingerprint density at radius 1 is 1.20 bits per heavy atom. The summed E-state index contributed by atoms with van der Waals surface area (Å²) in [5, 5.41) is 5.48. The smallest absolute Gasteiger partial charge is 0.338 e. The molecule has 10 heteroatoms. The quantitative estimate of drug-likeness (QED) is 0.697. The number of rotatable bonds is 4. The molecule has 2 aliphatic rings. The van der Waals surface area contributed by atoms with Crippen LogP contribution in [0.2, 0.25) is 10.0 Å². The van der Waals surface area contributed by atoms with Gasteiger partial charge in [0.2, 0.25) is 5.91 Å². The highest BCUT2D eigenvalue weighted by Crippen LogP contribution is 2.37. The van der Waals surface area contributed by atoms with Gasteiger partial charge in [0.25, 0.3) is 0 Å². The van der Waals surface area contributed by atoms with E-state index in [1.165, 1.54) is 12.1 Å². The maximum atomic E-state index is 13.3. The van der Waals surface area contributed by atoms with Crippen LogP contribution in [0.5, 0.6) is 0 Å². The highest BCUT2D eigenvalue weighted by molar-refractivity contribution is 6.31. The molecule has 1 atom stereocenters. The summed E-state index contributed by atoms with van der Waals surface area (Å²) in [5.74, 6) is -1.77. The van der Waals surface area contributed by atoms with E-state index in [9.17, 15) is 18.8 Å². The predicted octanol–water partition coefficient (Wildman–Crippen LogP) is 3.65. The fraction of sp³-hybridized carbons (Fsp3) is 0.150. The largest absolute Gasteiger partial charge is 0.456 e. The monoisotopic (exact) mass is 449 g/mol. The van der Waals surface area contributed by atoms with Crippen molar-refractivity contribution in [1.29, 1.82) is 0 Å². The number of amides is 3. The van der Waals surface area contributed by atoms with Crippen LogP contribution >= 0.6 is 23.2 Å². The molecule has 2 aromatic rings. The zero-order valence-corrected chi connectivity index (χ0v) is 16.8. The van der Waals surface area contributed by atoms with Gasteiger partial charge in [-0.05, 0) is 29.8 Å². The summed E-state index contributed by atoms with van der Waals surface area (Å²) in [5.41, 5.74) is 1.33. The molecular weight excluding hydrogens is 436 g/mol. The molecular formula is C20H14Cl2FN3O4. The minimum Gasteiger partial charge on any atom is -0.456 e. The minimum absolute atomic E-state index is 0.141. The first kappa shape index (κ1) is 20.2. The van der Waals surface area contributed by atoms with Crippen LogP contribution in [-0.2, 0) is 14.3 Å². The van der Waals surface area contributed by atoms with Crippen molar-refractivity contribution in [2.75, 3.05) is 18.5 Å². The van der Waals surface area contributed by atoms with E-state index in [0.29, 0.717) is 16.3 Å². The molecule has 0 radical (unpaired) electrons.